The maximum atomic E-state index is 11.6. The standard InChI is InChI=1S/C22H22ClN5O3/c1-30-22(29)15-5-7-18(8-6-15)31-21-19(24)20(25-14-26-21)28-11-9-27(10-12-28)17-4-2-3-16(23)13-17/h2-8,13-14H,9-12,24H2,1H3. The molecule has 0 saturated carbocycles. The molecule has 2 heterocycles. The summed E-state index contributed by atoms with van der Waals surface area (Å²) in [6.45, 7) is 3.13. The molecule has 3 aromatic rings. The lowest BCUT2D eigenvalue weighted by molar-refractivity contribution is 0.0600. The zero-order chi connectivity index (χ0) is 21.8. The van der Waals surface area contributed by atoms with Crippen LogP contribution in [0.4, 0.5) is 17.2 Å². The molecule has 1 aromatic heterocycles. The lowest BCUT2D eigenvalue weighted by atomic mass is 10.2. The highest BCUT2D eigenvalue weighted by Crippen LogP contribution is 2.32. The van der Waals surface area contributed by atoms with Gasteiger partial charge < -0.3 is 25.0 Å². The molecule has 1 aliphatic heterocycles. The number of benzene rings is 2. The minimum Gasteiger partial charge on any atom is -0.465 e. The van der Waals surface area contributed by atoms with E-state index in [1.165, 1.54) is 13.4 Å². The maximum Gasteiger partial charge on any atom is 0.337 e. The van der Waals surface area contributed by atoms with Crippen molar-refractivity contribution in [3.63, 3.8) is 0 Å². The molecule has 0 radical (unpaired) electrons. The summed E-state index contributed by atoms with van der Waals surface area (Å²) in [6, 6.07) is 14.4. The number of piperazine rings is 1. The fourth-order valence-electron chi connectivity index (χ4n) is 3.44. The van der Waals surface area contributed by atoms with Gasteiger partial charge in [-0.05, 0) is 42.5 Å². The number of carbonyl (C=O) groups excluding carboxylic acids is 1. The number of hydrogen-bond donors (Lipinski definition) is 1. The van der Waals surface area contributed by atoms with Crippen LogP contribution in [-0.4, -0.2) is 49.2 Å². The van der Waals surface area contributed by atoms with E-state index in [-0.39, 0.29) is 5.88 Å². The van der Waals surface area contributed by atoms with Crippen molar-refractivity contribution in [1.29, 1.82) is 0 Å². The lowest BCUT2D eigenvalue weighted by Gasteiger charge is -2.37. The van der Waals surface area contributed by atoms with Crippen molar-refractivity contribution in [2.24, 2.45) is 0 Å². The average molecular weight is 440 g/mol. The highest BCUT2D eigenvalue weighted by atomic mass is 35.5. The zero-order valence-electron chi connectivity index (χ0n) is 17.0. The third-order valence-corrected chi connectivity index (χ3v) is 5.30. The summed E-state index contributed by atoms with van der Waals surface area (Å²) in [7, 11) is 1.34. The average Bonchev–Trinajstić information content (AvgIpc) is 2.80. The molecule has 0 atom stereocenters. The summed E-state index contributed by atoms with van der Waals surface area (Å²) in [5.74, 6) is 1.01. The van der Waals surface area contributed by atoms with E-state index >= 15 is 0 Å². The molecule has 31 heavy (non-hydrogen) atoms. The molecule has 4 rings (SSSR count). The third-order valence-electron chi connectivity index (χ3n) is 5.07. The number of carbonyl (C=O) groups is 1. The molecule has 1 fully saturated rings. The Bertz CT molecular complexity index is 1070. The van der Waals surface area contributed by atoms with Gasteiger partial charge in [-0.25, -0.2) is 9.78 Å². The molecule has 2 aromatic carbocycles. The van der Waals surface area contributed by atoms with Crippen LogP contribution in [0.2, 0.25) is 5.02 Å². The van der Waals surface area contributed by atoms with E-state index in [1.54, 1.807) is 24.3 Å². The number of nitrogens with zero attached hydrogens (tertiary/aromatic N) is 4. The number of nitrogens with two attached hydrogens (primary N) is 1. The van der Waals surface area contributed by atoms with Gasteiger partial charge in [0.25, 0.3) is 0 Å². The van der Waals surface area contributed by atoms with Crippen LogP contribution >= 0.6 is 11.6 Å². The Balaban J connectivity index is 1.45. The number of anilines is 3. The Morgan fingerprint density at radius 3 is 2.42 bits per heavy atom. The number of esters is 1. The summed E-state index contributed by atoms with van der Waals surface area (Å²) in [5, 5.41) is 0.724. The Kier molecular flexibility index (Phi) is 6.08. The highest BCUT2D eigenvalue weighted by molar-refractivity contribution is 6.30. The van der Waals surface area contributed by atoms with Crippen LogP contribution in [0.5, 0.6) is 11.6 Å². The van der Waals surface area contributed by atoms with Crippen molar-refractivity contribution in [2.75, 3.05) is 48.8 Å². The molecule has 0 amide bonds. The second-order valence-corrected chi connectivity index (χ2v) is 7.42. The van der Waals surface area contributed by atoms with Crippen molar-refractivity contribution in [3.05, 3.63) is 65.4 Å². The van der Waals surface area contributed by atoms with E-state index < -0.39 is 5.97 Å². The van der Waals surface area contributed by atoms with Crippen molar-refractivity contribution in [3.8, 4) is 11.6 Å². The van der Waals surface area contributed by atoms with Gasteiger partial charge in [0.15, 0.2) is 5.82 Å². The molecular weight excluding hydrogens is 418 g/mol. The van der Waals surface area contributed by atoms with E-state index in [0.717, 1.165) is 36.9 Å². The van der Waals surface area contributed by atoms with Crippen LogP contribution in [0.15, 0.2) is 54.9 Å². The van der Waals surface area contributed by atoms with Gasteiger partial charge in [0.2, 0.25) is 5.88 Å². The minimum absolute atomic E-state index is 0.271. The number of ether oxygens (including phenoxy) is 2. The largest absolute Gasteiger partial charge is 0.465 e. The summed E-state index contributed by atoms with van der Waals surface area (Å²) < 4.78 is 10.5. The first-order valence-corrected chi connectivity index (χ1v) is 10.1. The minimum atomic E-state index is -0.410. The van der Waals surface area contributed by atoms with Crippen molar-refractivity contribution in [1.82, 2.24) is 9.97 Å². The molecule has 8 nitrogen and oxygen atoms in total. The van der Waals surface area contributed by atoms with Gasteiger partial charge in [-0.15, -0.1) is 0 Å². The van der Waals surface area contributed by atoms with Crippen molar-refractivity contribution in [2.45, 2.75) is 0 Å². The van der Waals surface area contributed by atoms with Gasteiger partial charge in [0.05, 0.1) is 12.7 Å². The van der Waals surface area contributed by atoms with Gasteiger partial charge in [0, 0.05) is 36.9 Å². The third kappa shape index (κ3) is 4.64. The fraction of sp³-hybridized carbons (Fsp3) is 0.227. The lowest BCUT2D eigenvalue weighted by Crippen LogP contribution is -2.47. The summed E-state index contributed by atoms with van der Waals surface area (Å²) in [5.41, 5.74) is 8.23. The normalized spacial score (nSPS) is 13.7. The Morgan fingerprint density at radius 1 is 1.03 bits per heavy atom. The molecule has 2 N–H and O–H groups in total. The second-order valence-electron chi connectivity index (χ2n) is 6.99. The van der Waals surface area contributed by atoms with E-state index in [9.17, 15) is 4.79 Å². The first-order chi connectivity index (χ1) is 15.0. The van der Waals surface area contributed by atoms with Crippen LogP contribution in [0.25, 0.3) is 0 Å². The summed E-state index contributed by atoms with van der Waals surface area (Å²) in [6.07, 6.45) is 1.44. The fourth-order valence-corrected chi connectivity index (χ4v) is 3.63. The van der Waals surface area contributed by atoms with Crippen molar-refractivity contribution >= 4 is 34.8 Å². The van der Waals surface area contributed by atoms with E-state index in [1.807, 2.05) is 18.2 Å². The van der Waals surface area contributed by atoms with Gasteiger partial charge in [0.1, 0.15) is 17.8 Å². The SMILES string of the molecule is COC(=O)c1ccc(Oc2ncnc(N3CCN(c4cccc(Cl)c4)CC3)c2N)cc1. The number of methoxy groups -OCH3 is 1. The molecule has 0 spiro atoms. The van der Waals surface area contributed by atoms with Gasteiger partial charge in [-0.1, -0.05) is 17.7 Å². The predicted molar refractivity (Wildman–Crippen MR) is 120 cm³/mol. The van der Waals surface area contributed by atoms with Crippen molar-refractivity contribution < 1.29 is 14.3 Å². The molecule has 0 bridgehead atoms. The van der Waals surface area contributed by atoms with Gasteiger partial charge in [-0.2, -0.15) is 4.98 Å². The van der Waals surface area contributed by atoms with E-state index in [2.05, 4.69) is 25.8 Å². The van der Waals surface area contributed by atoms with Crippen LogP contribution in [0.1, 0.15) is 10.4 Å². The molecular formula is C22H22ClN5O3. The van der Waals surface area contributed by atoms with Crippen LogP contribution in [-0.2, 0) is 4.74 Å². The smallest absolute Gasteiger partial charge is 0.337 e. The van der Waals surface area contributed by atoms with E-state index in [0.29, 0.717) is 22.8 Å². The molecule has 160 valence electrons. The predicted octanol–water partition coefficient (Wildman–Crippen LogP) is 3.62. The van der Waals surface area contributed by atoms with E-state index in [4.69, 9.17) is 26.8 Å². The number of hydrogen-bond acceptors (Lipinski definition) is 8. The van der Waals surface area contributed by atoms with Crippen LogP contribution < -0.4 is 20.3 Å². The first kappa shape index (κ1) is 20.7. The zero-order valence-corrected chi connectivity index (χ0v) is 17.7. The molecule has 0 aliphatic carbocycles. The molecule has 0 unspecified atom stereocenters. The van der Waals surface area contributed by atoms with Crippen LogP contribution in [0, 0.1) is 0 Å². The Hall–Kier alpha value is -3.52. The number of aromatic nitrogens is 2. The monoisotopic (exact) mass is 439 g/mol. The number of rotatable bonds is 5. The number of nitrogen functional groups attached to an aromatic ring is 1. The quantitative estimate of drug-likeness (QED) is 0.602. The second kappa shape index (κ2) is 9.09. The molecule has 1 saturated heterocycles. The molecule has 1 aliphatic rings. The van der Waals surface area contributed by atoms with Gasteiger partial charge >= 0.3 is 5.97 Å². The number of halogens is 1. The maximum absolute atomic E-state index is 11.6. The topological polar surface area (TPSA) is 93.8 Å². The first-order valence-electron chi connectivity index (χ1n) is 9.77. The Labute approximate surface area is 185 Å². The highest BCUT2D eigenvalue weighted by Gasteiger charge is 2.22. The Morgan fingerprint density at radius 2 is 1.74 bits per heavy atom. The van der Waals surface area contributed by atoms with Crippen LogP contribution in [0.3, 0.4) is 0 Å². The summed E-state index contributed by atoms with van der Waals surface area (Å²) >= 11 is 6.12. The summed E-state index contributed by atoms with van der Waals surface area (Å²) in [4.78, 5) is 24.5. The van der Waals surface area contributed by atoms with Gasteiger partial charge in [-0.3, -0.25) is 0 Å². The molecule has 9 heteroatoms.